The molecular formula is C48H45FO7. The van der Waals surface area contributed by atoms with E-state index in [0.29, 0.717) is 18.5 Å². The molecule has 0 unspecified atom stereocenters. The van der Waals surface area contributed by atoms with Gasteiger partial charge in [-0.05, 0) is 33.9 Å². The molecule has 0 bridgehead atoms. The fourth-order valence-electron chi connectivity index (χ4n) is 6.80. The summed E-state index contributed by atoms with van der Waals surface area (Å²) in [7, 11) is 0. The summed E-state index contributed by atoms with van der Waals surface area (Å²) < 4.78 is 55.8. The van der Waals surface area contributed by atoms with E-state index in [1.807, 2.05) is 152 Å². The maximum atomic E-state index is 15.5. The van der Waals surface area contributed by atoms with E-state index in [9.17, 15) is 4.79 Å². The maximum absolute atomic E-state index is 15.5. The van der Waals surface area contributed by atoms with Crippen LogP contribution >= 0.6 is 0 Å². The first-order chi connectivity index (χ1) is 27.6. The van der Waals surface area contributed by atoms with Gasteiger partial charge in [0.2, 0.25) is 0 Å². The van der Waals surface area contributed by atoms with Crippen molar-refractivity contribution in [1.82, 2.24) is 0 Å². The van der Waals surface area contributed by atoms with Crippen molar-refractivity contribution in [1.29, 1.82) is 0 Å². The SMILES string of the molecule is O=Cc1cc([C@@H]2O[C@H](COCc3ccccc3)[C@@H](OCc3ccccc3)[C@H](OCc3ccccc3)[C@H]2OCc2ccccc2)c(OCc2ccccc2)cc1F. The monoisotopic (exact) mass is 752 g/mol. The first-order valence-corrected chi connectivity index (χ1v) is 18.8. The Morgan fingerprint density at radius 3 is 1.43 bits per heavy atom. The molecule has 6 aromatic rings. The van der Waals surface area contributed by atoms with Gasteiger partial charge in [0.1, 0.15) is 48.7 Å². The normalized spacial score (nSPS) is 19.3. The highest BCUT2D eigenvalue weighted by Crippen LogP contribution is 2.42. The van der Waals surface area contributed by atoms with Crippen molar-refractivity contribution in [3.05, 3.63) is 209 Å². The zero-order valence-electron chi connectivity index (χ0n) is 31.0. The van der Waals surface area contributed by atoms with Gasteiger partial charge in [-0.25, -0.2) is 4.39 Å². The molecule has 5 atom stereocenters. The number of halogens is 1. The minimum absolute atomic E-state index is 0.126. The van der Waals surface area contributed by atoms with Crippen LogP contribution in [0.15, 0.2) is 164 Å². The van der Waals surface area contributed by atoms with E-state index < -0.39 is 36.3 Å². The van der Waals surface area contributed by atoms with E-state index in [1.165, 1.54) is 12.1 Å². The fraction of sp³-hybridized carbons (Fsp3) is 0.229. The zero-order chi connectivity index (χ0) is 38.4. The van der Waals surface area contributed by atoms with Gasteiger partial charge < -0.3 is 28.4 Å². The first-order valence-electron chi connectivity index (χ1n) is 18.8. The third kappa shape index (κ3) is 10.4. The summed E-state index contributed by atoms with van der Waals surface area (Å²) >= 11 is 0. The number of ether oxygens (including phenoxy) is 6. The van der Waals surface area contributed by atoms with Crippen molar-refractivity contribution >= 4 is 6.29 Å². The summed E-state index contributed by atoms with van der Waals surface area (Å²) in [6, 6.07) is 51.9. The largest absolute Gasteiger partial charge is 0.488 e. The van der Waals surface area contributed by atoms with Crippen molar-refractivity contribution in [2.45, 2.75) is 63.6 Å². The van der Waals surface area contributed by atoms with E-state index in [0.717, 1.165) is 27.8 Å². The molecule has 1 aliphatic rings. The molecule has 0 aromatic heterocycles. The van der Waals surface area contributed by atoms with Crippen LogP contribution in [0.25, 0.3) is 0 Å². The predicted molar refractivity (Wildman–Crippen MR) is 211 cm³/mol. The van der Waals surface area contributed by atoms with Crippen LogP contribution in [0.1, 0.15) is 49.8 Å². The number of aldehydes is 1. The van der Waals surface area contributed by atoms with E-state index >= 15 is 4.39 Å². The highest BCUT2D eigenvalue weighted by molar-refractivity contribution is 5.76. The number of carbonyl (C=O) groups is 1. The van der Waals surface area contributed by atoms with Gasteiger partial charge in [-0.15, -0.1) is 0 Å². The van der Waals surface area contributed by atoms with Gasteiger partial charge in [-0.2, -0.15) is 0 Å². The van der Waals surface area contributed by atoms with Crippen molar-refractivity contribution in [2.75, 3.05) is 6.61 Å². The summed E-state index contributed by atoms with van der Waals surface area (Å²) in [5, 5.41) is 0. The number of rotatable bonds is 18. The van der Waals surface area contributed by atoms with Crippen molar-refractivity contribution < 1.29 is 37.6 Å². The van der Waals surface area contributed by atoms with Crippen molar-refractivity contribution in [2.24, 2.45) is 0 Å². The van der Waals surface area contributed by atoms with Crippen LogP contribution in [0.3, 0.4) is 0 Å². The molecule has 0 radical (unpaired) electrons. The predicted octanol–water partition coefficient (Wildman–Crippen LogP) is 9.63. The Morgan fingerprint density at radius 1 is 0.518 bits per heavy atom. The average molecular weight is 753 g/mol. The molecule has 56 heavy (non-hydrogen) atoms. The van der Waals surface area contributed by atoms with E-state index in [-0.39, 0.29) is 44.3 Å². The van der Waals surface area contributed by atoms with E-state index in [1.54, 1.807) is 0 Å². The molecule has 0 spiro atoms. The molecule has 1 fully saturated rings. The Kier molecular flexibility index (Phi) is 13.8. The lowest BCUT2D eigenvalue weighted by molar-refractivity contribution is -0.275. The third-order valence-corrected chi connectivity index (χ3v) is 9.68. The van der Waals surface area contributed by atoms with Crippen LogP contribution < -0.4 is 4.74 Å². The van der Waals surface area contributed by atoms with Gasteiger partial charge in [-0.3, -0.25) is 4.79 Å². The van der Waals surface area contributed by atoms with Crippen molar-refractivity contribution in [3.63, 3.8) is 0 Å². The summed E-state index contributed by atoms with van der Waals surface area (Å²) in [5.41, 5.74) is 5.11. The van der Waals surface area contributed by atoms with Gasteiger partial charge in [-0.1, -0.05) is 152 Å². The zero-order valence-corrected chi connectivity index (χ0v) is 31.0. The maximum Gasteiger partial charge on any atom is 0.153 e. The molecule has 7 rings (SSSR count). The standard InChI is InChI=1S/C48H45FO7/c49-42-27-43(52-30-36-18-8-2-9-19-36)41(26-40(42)28-50)45-47(54-32-38-22-12-4-13-23-38)48(55-33-39-24-14-5-15-25-39)46(53-31-37-20-10-3-11-21-37)44(56-45)34-51-29-35-16-6-1-7-17-35/h1-28,44-48H,29-34H2/t44-,45+,46-,47+,48+/m1/s1. The van der Waals surface area contributed by atoms with Gasteiger partial charge in [0.15, 0.2) is 6.29 Å². The number of hydrogen-bond donors (Lipinski definition) is 0. The Hall–Kier alpha value is -5.48. The lowest BCUT2D eigenvalue weighted by Gasteiger charge is -2.46. The van der Waals surface area contributed by atoms with Gasteiger partial charge in [0, 0.05) is 11.6 Å². The second kappa shape index (κ2) is 19.9. The minimum atomic E-state index is -0.897. The molecule has 0 N–H and O–H groups in total. The van der Waals surface area contributed by atoms with Crippen molar-refractivity contribution in [3.8, 4) is 5.75 Å². The Morgan fingerprint density at radius 2 is 0.946 bits per heavy atom. The van der Waals surface area contributed by atoms with Crippen LogP contribution in [0.4, 0.5) is 4.39 Å². The van der Waals surface area contributed by atoms with Crippen LogP contribution in [0, 0.1) is 5.82 Å². The lowest BCUT2D eigenvalue weighted by Crippen LogP contribution is -2.58. The summed E-state index contributed by atoms with van der Waals surface area (Å²) in [6.07, 6.45) is -3.29. The number of carbonyl (C=O) groups excluding carboxylic acids is 1. The lowest BCUT2D eigenvalue weighted by atomic mass is 9.89. The molecule has 1 saturated heterocycles. The molecule has 0 amide bonds. The quantitative estimate of drug-likeness (QED) is 0.0810. The second-order valence-corrected chi connectivity index (χ2v) is 13.7. The molecule has 0 aliphatic carbocycles. The smallest absolute Gasteiger partial charge is 0.153 e. The molecule has 1 aliphatic heterocycles. The molecule has 286 valence electrons. The molecule has 7 nitrogen and oxygen atoms in total. The Bertz CT molecular complexity index is 2070. The van der Waals surface area contributed by atoms with Crippen LogP contribution in [-0.4, -0.2) is 37.3 Å². The molecule has 0 saturated carbocycles. The van der Waals surface area contributed by atoms with Gasteiger partial charge in [0.25, 0.3) is 0 Å². The first kappa shape index (κ1) is 38.8. The minimum Gasteiger partial charge on any atom is -0.488 e. The van der Waals surface area contributed by atoms with Gasteiger partial charge >= 0.3 is 0 Å². The average Bonchev–Trinajstić information content (AvgIpc) is 3.25. The molecular weight excluding hydrogens is 708 g/mol. The summed E-state index contributed by atoms with van der Waals surface area (Å²) in [4.78, 5) is 12.3. The van der Waals surface area contributed by atoms with E-state index in [4.69, 9.17) is 28.4 Å². The summed E-state index contributed by atoms with van der Waals surface area (Å²) in [6.45, 7) is 1.41. The van der Waals surface area contributed by atoms with Crippen LogP contribution in [0.2, 0.25) is 0 Å². The number of hydrogen-bond acceptors (Lipinski definition) is 7. The van der Waals surface area contributed by atoms with E-state index in [2.05, 4.69) is 0 Å². The fourth-order valence-corrected chi connectivity index (χ4v) is 6.80. The van der Waals surface area contributed by atoms with Crippen LogP contribution in [0.5, 0.6) is 5.75 Å². The molecule has 6 aromatic carbocycles. The highest BCUT2D eigenvalue weighted by atomic mass is 19.1. The Balaban J connectivity index is 1.30. The third-order valence-electron chi connectivity index (χ3n) is 9.68. The molecule has 8 heteroatoms. The molecule has 1 heterocycles. The number of benzene rings is 6. The van der Waals surface area contributed by atoms with Crippen LogP contribution in [-0.2, 0) is 56.7 Å². The Labute approximate surface area is 327 Å². The van der Waals surface area contributed by atoms with Gasteiger partial charge in [0.05, 0.1) is 38.6 Å². The summed E-state index contributed by atoms with van der Waals surface area (Å²) in [5.74, 6) is -0.474. The topological polar surface area (TPSA) is 72.5 Å². The highest BCUT2D eigenvalue weighted by Gasteiger charge is 2.50. The second-order valence-electron chi connectivity index (χ2n) is 13.7.